The van der Waals surface area contributed by atoms with E-state index >= 15 is 0 Å². The van der Waals surface area contributed by atoms with Crippen LogP contribution in [-0.2, 0) is 12.8 Å². The summed E-state index contributed by atoms with van der Waals surface area (Å²) < 4.78 is 0. The largest absolute Gasteiger partial charge is 0.390 e. The maximum absolute atomic E-state index is 10.9. The van der Waals surface area contributed by atoms with Gasteiger partial charge in [0, 0.05) is 6.42 Å². The quantitative estimate of drug-likeness (QED) is 0.848. The second-order valence-corrected chi connectivity index (χ2v) is 7.28. The summed E-state index contributed by atoms with van der Waals surface area (Å²) in [4.78, 5) is 0. The average molecular weight is 272 g/mol. The highest BCUT2D eigenvalue weighted by Gasteiger charge is 2.42. The standard InChI is InChI=1S/C19H28O/c1-2-16-5-7-17(8-6-16)15-19(20)13-11-18(12-14-19)9-3-4-10-18/h5-8,20H,2-4,9-15H2,1H3. The fourth-order valence-corrected chi connectivity index (χ4v) is 4.32. The minimum atomic E-state index is -0.443. The van der Waals surface area contributed by atoms with Gasteiger partial charge in [-0.25, -0.2) is 0 Å². The molecule has 2 saturated carbocycles. The van der Waals surface area contributed by atoms with E-state index in [1.807, 2.05) is 0 Å². The molecule has 0 heterocycles. The van der Waals surface area contributed by atoms with E-state index in [0.29, 0.717) is 5.41 Å². The van der Waals surface area contributed by atoms with E-state index in [-0.39, 0.29) is 0 Å². The predicted molar refractivity (Wildman–Crippen MR) is 83.8 cm³/mol. The van der Waals surface area contributed by atoms with Gasteiger partial charge < -0.3 is 5.11 Å². The Balaban J connectivity index is 1.62. The molecule has 1 N–H and O–H groups in total. The monoisotopic (exact) mass is 272 g/mol. The Morgan fingerprint density at radius 3 is 1.95 bits per heavy atom. The molecule has 1 aromatic rings. The van der Waals surface area contributed by atoms with E-state index < -0.39 is 5.60 Å². The third-order valence-electron chi connectivity index (χ3n) is 5.87. The highest BCUT2D eigenvalue weighted by molar-refractivity contribution is 5.24. The summed E-state index contributed by atoms with van der Waals surface area (Å²) in [6.45, 7) is 2.19. The van der Waals surface area contributed by atoms with Crippen LogP contribution >= 0.6 is 0 Å². The maximum Gasteiger partial charge on any atom is 0.0688 e. The third kappa shape index (κ3) is 2.93. The predicted octanol–water partition coefficient (Wildman–Crippen LogP) is 4.66. The molecule has 0 atom stereocenters. The van der Waals surface area contributed by atoms with Gasteiger partial charge in [0.05, 0.1) is 5.60 Å². The summed E-state index contributed by atoms with van der Waals surface area (Å²) >= 11 is 0. The van der Waals surface area contributed by atoms with Crippen molar-refractivity contribution in [2.75, 3.05) is 0 Å². The van der Waals surface area contributed by atoms with Crippen LogP contribution in [0.4, 0.5) is 0 Å². The molecule has 1 heteroatoms. The van der Waals surface area contributed by atoms with Crippen LogP contribution in [0, 0.1) is 5.41 Å². The van der Waals surface area contributed by atoms with Crippen molar-refractivity contribution < 1.29 is 5.11 Å². The fourth-order valence-electron chi connectivity index (χ4n) is 4.32. The molecule has 3 rings (SSSR count). The van der Waals surface area contributed by atoms with Crippen LogP contribution in [0.5, 0.6) is 0 Å². The lowest BCUT2D eigenvalue weighted by Gasteiger charge is -2.42. The first-order valence-corrected chi connectivity index (χ1v) is 8.43. The molecule has 0 bridgehead atoms. The van der Waals surface area contributed by atoms with Crippen LogP contribution in [0.2, 0.25) is 0 Å². The van der Waals surface area contributed by atoms with Crippen molar-refractivity contribution in [2.45, 2.75) is 76.7 Å². The minimum Gasteiger partial charge on any atom is -0.390 e. The van der Waals surface area contributed by atoms with E-state index in [4.69, 9.17) is 0 Å². The molecule has 2 fully saturated rings. The highest BCUT2D eigenvalue weighted by Crippen LogP contribution is 2.51. The lowest BCUT2D eigenvalue weighted by Crippen LogP contribution is -2.39. The maximum atomic E-state index is 10.9. The van der Waals surface area contributed by atoms with Crippen LogP contribution in [0.1, 0.15) is 69.4 Å². The van der Waals surface area contributed by atoms with Gasteiger partial charge in [0.15, 0.2) is 0 Å². The molecule has 110 valence electrons. The van der Waals surface area contributed by atoms with Gasteiger partial charge in [-0.1, -0.05) is 44.0 Å². The van der Waals surface area contributed by atoms with Gasteiger partial charge in [0.25, 0.3) is 0 Å². The minimum absolute atomic E-state index is 0.443. The van der Waals surface area contributed by atoms with Crippen LogP contribution in [0.3, 0.4) is 0 Å². The molecule has 20 heavy (non-hydrogen) atoms. The lowest BCUT2D eigenvalue weighted by molar-refractivity contribution is -0.0322. The molecule has 1 nitrogen and oxygen atoms in total. The number of aryl methyl sites for hydroxylation is 1. The van der Waals surface area contributed by atoms with E-state index in [2.05, 4.69) is 31.2 Å². The molecule has 0 radical (unpaired) electrons. The zero-order valence-corrected chi connectivity index (χ0v) is 12.8. The zero-order chi connectivity index (χ0) is 14.1. The average Bonchev–Trinajstić information content (AvgIpc) is 2.93. The summed E-state index contributed by atoms with van der Waals surface area (Å²) in [6.07, 6.45) is 12.1. The van der Waals surface area contributed by atoms with Crippen molar-refractivity contribution >= 4 is 0 Å². The van der Waals surface area contributed by atoms with Gasteiger partial charge in [0.2, 0.25) is 0 Å². The molecule has 0 aromatic heterocycles. The smallest absolute Gasteiger partial charge is 0.0688 e. The molecule has 2 aliphatic carbocycles. The Hall–Kier alpha value is -0.820. The molecule has 2 aliphatic rings. The van der Waals surface area contributed by atoms with E-state index in [1.165, 1.54) is 49.7 Å². The van der Waals surface area contributed by atoms with Gasteiger partial charge in [-0.2, -0.15) is 0 Å². The van der Waals surface area contributed by atoms with Crippen LogP contribution in [0.15, 0.2) is 24.3 Å². The number of aliphatic hydroxyl groups is 1. The van der Waals surface area contributed by atoms with Gasteiger partial charge in [-0.15, -0.1) is 0 Å². The Kier molecular flexibility index (Phi) is 3.90. The van der Waals surface area contributed by atoms with E-state index in [0.717, 1.165) is 25.7 Å². The number of hydrogen-bond donors (Lipinski definition) is 1. The molecule has 1 spiro atoms. The fraction of sp³-hybridized carbons (Fsp3) is 0.684. The highest BCUT2D eigenvalue weighted by atomic mass is 16.3. The van der Waals surface area contributed by atoms with E-state index in [9.17, 15) is 5.11 Å². The topological polar surface area (TPSA) is 20.2 Å². The Morgan fingerprint density at radius 2 is 1.40 bits per heavy atom. The van der Waals surface area contributed by atoms with Crippen molar-refractivity contribution in [1.82, 2.24) is 0 Å². The first-order valence-electron chi connectivity index (χ1n) is 8.43. The van der Waals surface area contributed by atoms with Crippen molar-refractivity contribution in [3.05, 3.63) is 35.4 Å². The van der Waals surface area contributed by atoms with Gasteiger partial charge in [-0.3, -0.25) is 0 Å². The molecular weight excluding hydrogens is 244 g/mol. The van der Waals surface area contributed by atoms with Crippen LogP contribution in [0.25, 0.3) is 0 Å². The normalized spacial score (nSPS) is 24.1. The lowest BCUT2D eigenvalue weighted by atomic mass is 9.66. The van der Waals surface area contributed by atoms with Crippen molar-refractivity contribution in [2.24, 2.45) is 5.41 Å². The second kappa shape index (κ2) is 5.52. The van der Waals surface area contributed by atoms with Crippen LogP contribution in [-0.4, -0.2) is 10.7 Å². The van der Waals surface area contributed by atoms with Gasteiger partial charge in [0.1, 0.15) is 0 Å². The summed E-state index contributed by atoms with van der Waals surface area (Å²) in [6, 6.07) is 8.83. The Bertz CT molecular complexity index is 429. The summed E-state index contributed by atoms with van der Waals surface area (Å²) in [5.74, 6) is 0. The van der Waals surface area contributed by atoms with Crippen molar-refractivity contribution in [1.29, 1.82) is 0 Å². The molecule has 0 unspecified atom stereocenters. The van der Waals surface area contributed by atoms with Gasteiger partial charge >= 0.3 is 0 Å². The first-order chi connectivity index (χ1) is 9.63. The summed E-state index contributed by atoms with van der Waals surface area (Å²) in [5.41, 5.74) is 2.85. The molecule has 0 amide bonds. The molecule has 0 aliphatic heterocycles. The number of benzene rings is 1. The molecule has 1 aromatic carbocycles. The Labute approximate surface area is 123 Å². The first kappa shape index (κ1) is 14.1. The third-order valence-corrected chi connectivity index (χ3v) is 5.87. The summed E-state index contributed by atoms with van der Waals surface area (Å²) in [5, 5.41) is 10.9. The van der Waals surface area contributed by atoms with Gasteiger partial charge in [-0.05, 0) is 61.5 Å². The van der Waals surface area contributed by atoms with Crippen LogP contribution < -0.4 is 0 Å². The van der Waals surface area contributed by atoms with E-state index in [1.54, 1.807) is 0 Å². The Morgan fingerprint density at radius 1 is 0.850 bits per heavy atom. The SMILES string of the molecule is CCc1ccc(CC2(O)CCC3(CCCC3)CC2)cc1. The zero-order valence-electron chi connectivity index (χ0n) is 12.8. The second-order valence-electron chi connectivity index (χ2n) is 7.28. The van der Waals surface area contributed by atoms with Crippen molar-refractivity contribution in [3.8, 4) is 0 Å². The number of rotatable bonds is 3. The summed E-state index contributed by atoms with van der Waals surface area (Å²) in [7, 11) is 0. The molecular formula is C19H28O. The number of hydrogen-bond acceptors (Lipinski definition) is 1. The van der Waals surface area contributed by atoms with Crippen molar-refractivity contribution in [3.63, 3.8) is 0 Å². The molecule has 0 saturated heterocycles.